The van der Waals surface area contributed by atoms with Gasteiger partial charge >= 0.3 is 6.03 Å². The van der Waals surface area contributed by atoms with Crippen LogP contribution in [-0.4, -0.2) is 42.7 Å². The van der Waals surface area contributed by atoms with Crippen molar-refractivity contribution in [1.29, 1.82) is 0 Å². The highest BCUT2D eigenvalue weighted by molar-refractivity contribution is 7.92. The quantitative estimate of drug-likeness (QED) is 0.780. The molecule has 0 unspecified atom stereocenters. The van der Waals surface area contributed by atoms with E-state index in [0.717, 1.165) is 11.1 Å². The van der Waals surface area contributed by atoms with Crippen LogP contribution in [-0.2, 0) is 9.84 Å². The van der Waals surface area contributed by atoms with E-state index in [1.165, 1.54) is 0 Å². The second-order valence-electron chi connectivity index (χ2n) is 7.12. The zero-order chi connectivity index (χ0) is 19.8. The lowest BCUT2D eigenvalue weighted by Crippen LogP contribution is -2.44. The lowest BCUT2D eigenvalue weighted by atomic mass is 10.0. The van der Waals surface area contributed by atoms with Gasteiger partial charge in [0.1, 0.15) is 5.37 Å². The van der Waals surface area contributed by atoms with Crippen molar-refractivity contribution in [2.45, 2.75) is 49.5 Å². The summed E-state index contributed by atoms with van der Waals surface area (Å²) in [6, 6.07) is 15.8. The minimum absolute atomic E-state index is 0.123. The van der Waals surface area contributed by atoms with Crippen molar-refractivity contribution in [3.05, 3.63) is 65.7 Å². The topological polar surface area (TPSA) is 57.7 Å². The van der Waals surface area contributed by atoms with E-state index in [9.17, 15) is 13.2 Å². The molecule has 3 atom stereocenters. The molecule has 0 aliphatic carbocycles. The van der Waals surface area contributed by atoms with E-state index in [4.69, 9.17) is 0 Å². The van der Waals surface area contributed by atoms with Crippen LogP contribution in [0.1, 0.15) is 37.4 Å². The lowest BCUT2D eigenvalue weighted by molar-refractivity contribution is 0.183. The zero-order valence-corrected chi connectivity index (χ0v) is 17.0. The normalized spacial score (nSPS) is 21.6. The molecule has 2 aromatic carbocycles. The van der Waals surface area contributed by atoms with Crippen molar-refractivity contribution in [3.8, 4) is 0 Å². The van der Waals surface area contributed by atoms with Crippen molar-refractivity contribution in [2.24, 2.45) is 0 Å². The Labute approximate surface area is 161 Å². The average molecular weight is 387 g/mol. The number of nitrogens with zero attached hydrogens (tertiary/aromatic N) is 2. The maximum Gasteiger partial charge on any atom is 0.321 e. The molecule has 1 heterocycles. The minimum atomic E-state index is -3.69. The van der Waals surface area contributed by atoms with Gasteiger partial charge in [0, 0.05) is 7.05 Å². The molecule has 2 amide bonds. The second-order valence-corrected chi connectivity index (χ2v) is 9.22. The molecule has 0 N–H and O–H groups in total. The minimum Gasteiger partial charge on any atom is -0.323 e. The van der Waals surface area contributed by atoms with Gasteiger partial charge in [-0.1, -0.05) is 55.0 Å². The Morgan fingerprint density at radius 2 is 1.63 bits per heavy atom. The summed E-state index contributed by atoms with van der Waals surface area (Å²) in [5.74, 6) is 0. The second kappa shape index (κ2) is 7.35. The monoisotopic (exact) mass is 386 g/mol. The van der Waals surface area contributed by atoms with Gasteiger partial charge in [-0.05, 0) is 38.0 Å². The van der Waals surface area contributed by atoms with E-state index < -0.39 is 15.2 Å². The molecule has 6 heteroatoms. The number of rotatable bonds is 5. The van der Waals surface area contributed by atoms with E-state index in [0.29, 0.717) is 6.42 Å². The van der Waals surface area contributed by atoms with Crippen LogP contribution in [0.25, 0.3) is 0 Å². The van der Waals surface area contributed by atoms with Gasteiger partial charge in [-0.25, -0.2) is 13.2 Å². The number of hydrogen-bond acceptors (Lipinski definition) is 3. The smallest absolute Gasteiger partial charge is 0.321 e. The number of likely N-dealkylation sites (N-methyl/N-ethyl adjacent to an activating group) is 1. The van der Waals surface area contributed by atoms with Crippen molar-refractivity contribution >= 4 is 15.9 Å². The highest BCUT2D eigenvalue weighted by Gasteiger charge is 2.48. The summed E-state index contributed by atoms with van der Waals surface area (Å²) in [5, 5.41) is -0.912. The molecule has 0 bridgehead atoms. The molecule has 1 aliphatic heterocycles. The van der Waals surface area contributed by atoms with Crippen molar-refractivity contribution in [3.63, 3.8) is 0 Å². The predicted octanol–water partition coefficient (Wildman–Crippen LogP) is 4.00. The summed E-state index contributed by atoms with van der Waals surface area (Å²) in [5.41, 5.74) is 1.94. The largest absolute Gasteiger partial charge is 0.323 e. The third-order valence-corrected chi connectivity index (χ3v) is 7.60. The van der Waals surface area contributed by atoms with Gasteiger partial charge in [0.15, 0.2) is 9.84 Å². The standard InChI is InChI=1S/C21H26N2O3S/c1-5-19(27(25,26)18-13-11-15(2)12-14-18)23-20(16(3)22(4)21(23)24)17-9-7-6-8-10-17/h6-14,16,19-20H,5H2,1-4H3/t16-,19-,20-/m0/s1. The molecule has 5 nitrogen and oxygen atoms in total. The first-order valence-corrected chi connectivity index (χ1v) is 10.7. The van der Waals surface area contributed by atoms with Gasteiger partial charge in [-0.2, -0.15) is 0 Å². The fraction of sp³-hybridized carbons (Fsp3) is 0.381. The van der Waals surface area contributed by atoms with Gasteiger partial charge in [0.2, 0.25) is 0 Å². The van der Waals surface area contributed by atoms with Gasteiger partial charge in [-0.3, -0.25) is 4.90 Å². The molecule has 144 valence electrons. The number of benzene rings is 2. The zero-order valence-electron chi connectivity index (χ0n) is 16.2. The lowest BCUT2D eigenvalue weighted by Gasteiger charge is -2.32. The average Bonchev–Trinajstić information content (AvgIpc) is 2.87. The molecule has 1 saturated heterocycles. The summed E-state index contributed by atoms with van der Waals surface area (Å²) in [4.78, 5) is 16.5. The van der Waals surface area contributed by atoms with Gasteiger partial charge in [0.25, 0.3) is 0 Å². The molecule has 0 spiro atoms. The summed E-state index contributed by atoms with van der Waals surface area (Å²) in [6.45, 7) is 5.69. The SMILES string of the molecule is CC[C@@H](N1C(=O)N(C)[C@@H](C)[C@H]1c1ccccc1)S(=O)(=O)c1ccc(C)cc1. The van der Waals surface area contributed by atoms with E-state index in [1.54, 1.807) is 41.1 Å². The first-order valence-electron chi connectivity index (χ1n) is 9.19. The number of hydrogen-bond donors (Lipinski definition) is 0. The Balaban J connectivity index is 2.08. The van der Waals surface area contributed by atoms with Crippen LogP contribution in [0, 0.1) is 6.92 Å². The molecule has 3 rings (SSSR count). The number of carbonyl (C=O) groups is 1. The Hall–Kier alpha value is -2.34. The van der Waals surface area contributed by atoms with Crippen molar-refractivity contribution in [2.75, 3.05) is 7.05 Å². The van der Waals surface area contributed by atoms with E-state index in [1.807, 2.05) is 51.1 Å². The third kappa shape index (κ3) is 3.34. The fourth-order valence-corrected chi connectivity index (χ4v) is 5.55. The summed E-state index contributed by atoms with van der Waals surface area (Å²) < 4.78 is 26.8. The molecular formula is C21H26N2O3S. The van der Waals surface area contributed by atoms with Crippen molar-refractivity contribution in [1.82, 2.24) is 9.80 Å². The first-order chi connectivity index (χ1) is 12.8. The van der Waals surface area contributed by atoms with Crippen LogP contribution in [0.2, 0.25) is 0 Å². The molecular weight excluding hydrogens is 360 g/mol. The number of sulfone groups is 1. The Bertz CT molecular complexity index is 910. The maximum absolute atomic E-state index is 13.4. The summed E-state index contributed by atoms with van der Waals surface area (Å²) in [7, 11) is -1.96. The molecule has 1 aliphatic rings. The van der Waals surface area contributed by atoms with Crippen LogP contribution in [0.3, 0.4) is 0 Å². The number of aryl methyl sites for hydroxylation is 1. The summed E-state index contributed by atoms with van der Waals surface area (Å²) in [6.07, 6.45) is 0.325. The molecule has 1 fully saturated rings. The van der Waals surface area contributed by atoms with Gasteiger partial charge < -0.3 is 4.90 Å². The number of urea groups is 1. The van der Waals surface area contributed by atoms with E-state index in [-0.39, 0.29) is 23.0 Å². The van der Waals surface area contributed by atoms with Crippen LogP contribution in [0.5, 0.6) is 0 Å². The first kappa shape index (κ1) is 19.4. The van der Waals surface area contributed by atoms with Crippen LogP contribution in [0.15, 0.2) is 59.5 Å². The van der Waals surface area contributed by atoms with Gasteiger partial charge in [-0.15, -0.1) is 0 Å². The maximum atomic E-state index is 13.4. The van der Waals surface area contributed by atoms with E-state index >= 15 is 0 Å². The molecule has 0 aromatic heterocycles. The number of carbonyl (C=O) groups excluding carboxylic acids is 1. The third-order valence-electron chi connectivity index (χ3n) is 5.40. The number of amides is 2. The van der Waals surface area contributed by atoms with E-state index in [2.05, 4.69) is 0 Å². The summed E-state index contributed by atoms with van der Waals surface area (Å²) >= 11 is 0. The fourth-order valence-electron chi connectivity index (χ4n) is 3.76. The van der Waals surface area contributed by atoms with Gasteiger partial charge in [0.05, 0.1) is 17.0 Å². The Morgan fingerprint density at radius 1 is 1.04 bits per heavy atom. The Morgan fingerprint density at radius 3 is 2.19 bits per heavy atom. The van der Waals surface area contributed by atoms with Crippen LogP contribution >= 0.6 is 0 Å². The van der Waals surface area contributed by atoms with Crippen LogP contribution < -0.4 is 0 Å². The highest BCUT2D eigenvalue weighted by atomic mass is 32.2. The highest BCUT2D eigenvalue weighted by Crippen LogP contribution is 2.39. The van der Waals surface area contributed by atoms with Crippen LogP contribution in [0.4, 0.5) is 4.79 Å². The van der Waals surface area contributed by atoms with Crippen molar-refractivity contribution < 1.29 is 13.2 Å². The molecule has 2 aromatic rings. The Kier molecular flexibility index (Phi) is 5.29. The predicted molar refractivity (Wildman–Crippen MR) is 106 cm³/mol. The molecule has 27 heavy (non-hydrogen) atoms. The molecule has 0 saturated carbocycles. The molecule has 0 radical (unpaired) electrons.